The number of hydrogen-bond donors (Lipinski definition) is 0. The zero-order valence-corrected chi connectivity index (χ0v) is 53.3. The highest BCUT2D eigenvalue weighted by molar-refractivity contribution is 6.27. The summed E-state index contributed by atoms with van der Waals surface area (Å²) in [5.41, 5.74) is 23.9. The van der Waals surface area contributed by atoms with Crippen molar-refractivity contribution in [2.45, 2.75) is 98.3 Å². The largest absolute Gasteiger partial charge is 0.310 e. The summed E-state index contributed by atoms with van der Waals surface area (Å²) < 4.78 is 0. The molecule has 0 unspecified atom stereocenters. The normalized spacial score (nSPS) is 13.8. The van der Waals surface area contributed by atoms with Gasteiger partial charge < -0.3 is 14.7 Å². The molecule has 3 nitrogen and oxygen atoms in total. The summed E-state index contributed by atoms with van der Waals surface area (Å²) in [7, 11) is 0. The summed E-state index contributed by atoms with van der Waals surface area (Å²) in [4.78, 5) is 7.23. The van der Waals surface area contributed by atoms with E-state index < -0.39 is 0 Å². The minimum Gasteiger partial charge on any atom is -0.310 e. The quantitative estimate of drug-likeness (QED) is 0.0705. The van der Waals surface area contributed by atoms with Gasteiger partial charge in [-0.1, -0.05) is 236 Å². The van der Waals surface area contributed by atoms with E-state index in [1.807, 2.05) is 0 Å². The second-order valence-electron chi connectivity index (χ2n) is 25.9. The second kappa shape index (κ2) is 26.6. The van der Waals surface area contributed by atoms with Crippen LogP contribution in [0.5, 0.6) is 0 Å². The summed E-state index contributed by atoms with van der Waals surface area (Å²) >= 11 is 0. The summed E-state index contributed by atoms with van der Waals surface area (Å²) in [6.07, 6.45) is 26.0. The fraction of sp³-hybridized carbons (Fsp3) is 0.182. The first-order valence-corrected chi connectivity index (χ1v) is 33.2. The molecule has 2 aliphatic carbocycles. The lowest BCUT2D eigenvalue weighted by atomic mass is 9.85. The van der Waals surface area contributed by atoms with Gasteiger partial charge in [0, 0.05) is 51.2 Å². The lowest BCUT2D eigenvalue weighted by molar-refractivity contribution is 0.356. The molecule has 12 aromatic carbocycles. The van der Waals surface area contributed by atoms with Gasteiger partial charge in [0.15, 0.2) is 0 Å². The first-order valence-electron chi connectivity index (χ1n) is 33.2. The predicted octanol–water partition coefficient (Wildman–Crippen LogP) is 25.6. The lowest BCUT2D eigenvalue weighted by Crippen LogP contribution is -2.11. The van der Waals surface area contributed by atoms with E-state index in [1.165, 1.54) is 153 Å². The topological polar surface area (TPSA) is 9.72 Å². The molecule has 2 aliphatic rings. The van der Waals surface area contributed by atoms with Gasteiger partial charge >= 0.3 is 0 Å². The van der Waals surface area contributed by atoms with Crippen molar-refractivity contribution < 1.29 is 0 Å². The molecule has 0 radical (unpaired) electrons. The summed E-state index contributed by atoms with van der Waals surface area (Å²) in [5, 5.41) is 7.17. The van der Waals surface area contributed by atoms with Gasteiger partial charge in [-0.15, -0.1) is 0 Å². The van der Waals surface area contributed by atoms with Gasteiger partial charge in [0.25, 0.3) is 0 Å². The molecule has 2 fully saturated rings. The number of fused-ring (bicyclic) bond motifs is 6. The Morgan fingerprint density at radius 1 is 0.275 bits per heavy atom. The smallest absolute Gasteiger partial charge is 0.0468 e. The number of anilines is 9. The zero-order valence-electron chi connectivity index (χ0n) is 53.3. The van der Waals surface area contributed by atoms with Crippen molar-refractivity contribution in [1.29, 1.82) is 0 Å². The molecule has 0 aromatic heterocycles. The third kappa shape index (κ3) is 13.4. The fourth-order valence-corrected chi connectivity index (χ4v) is 13.9. The molecule has 3 heteroatoms. The van der Waals surface area contributed by atoms with Crippen LogP contribution in [0.1, 0.15) is 120 Å². The Bertz CT molecular complexity index is 4530. The van der Waals surface area contributed by atoms with Gasteiger partial charge in [-0.25, -0.2) is 0 Å². The SMILES string of the molecule is Cc1ccc(N(c2ccc(C)cc2)c2ccc3c(c2)c2ccc(N(c4ccc(C)cc4)c4ccc(/C=C/c5ccc(C=C6CCCCC6)cc5)cc4)cc2c2ccc(N(c4ccc(C)cc4)c4ccc(/C=C/c5ccc(CC6CCCCC6)cc5)cc4)cc32)cc1. The Kier molecular flexibility index (Phi) is 17.2. The lowest BCUT2D eigenvalue weighted by Gasteiger charge is -2.28. The van der Waals surface area contributed by atoms with E-state index in [-0.39, 0.29) is 0 Å². The minimum absolute atomic E-state index is 0.836. The highest BCUT2D eigenvalue weighted by Crippen LogP contribution is 2.46. The maximum absolute atomic E-state index is 2.43. The van der Waals surface area contributed by atoms with Crippen molar-refractivity contribution >= 4 is 114 Å². The molecular weight excluding hydrogens is 1100 g/mol. The molecule has 12 aromatic rings. The molecule has 0 spiro atoms. The van der Waals surface area contributed by atoms with Gasteiger partial charge in [-0.2, -0.15) is 0 Å². The predicted molar refractivity (Wildman–Crippen MR) is 394 cm³/mol. The van der Waals surface area contributed by atoms with Crippen LogP contribution in [0.4, 0.5) is 51.2 Å². The molecular formula is C88H81N3. The Balaban J connectivity index is 0.867. The van der Waals surface area contributed by atoms with Crippen LogP contribution in [0, 0.1) is 33.6 Å². The van der Waals surface area contributed by atoms with E-state index in [1.54, 1.807) is 5.57 Å². The van der Waals surface area contributed by atoms with E-state index in [0.29, 0.717) is 0 Å². The van der Waals surface area contributed by atoms with Crippen molar-refractivity contribution in [2.75, 3.05) is 14.7 Å². The molecule has 0 heterocycles. The summed E-state index contributed by atoms with van der Waals surface area (Å²) in [6.45, 7) is 8.64. The van der Waals surface area contributed by atoms with E-state index in [4.69, 9.17) is 0 Å². The van der Waals surface area contributed by atoms with E-state index in [2.05, 4.69) is 321 Å². The molecule has 448 valence electrons. The first-order chi connectivity index (χ1) is 44.7. The Hall–Kier alpha value is -9.96. The number of benzene rings is 12. The third-order valence-corrected chi connectivity index (χ3v) is 19.1. The van der Waals surface area contributed by atoms with Crippen LogP contribution in [-0.2, 0) is 6.42 Å². The summed E-state index contributed by atoms with van der Waals surface area (Å²) in [5.74, 6) is 0.836. The Morgan fingerprint density at radius 3 is 0.890 bits per heavy atom. The maximum Gasteiger partial charge on any atom is 0.0468 e. The Labute approximate surface area is 539 Å². The second-order valence-corrected chi connectivity index (χ2v) is 25.9. The number of rotatable bonds is 16. The van der Waals surface area contributed by atoms with E-state index >= 15 is 0 Å². The number of allylic oxidation sites excluding steroid dienone is 1. The molecule has 91 heavy (non-hydrogen) atoms. The molecule has 0 bridgehead atoms. The van der Waals surface area contributed by atoms with Crippen LogP contribution in [0.2, 0.25) is 0 Å². The van der Waals surface area contributed by atoms with Crippen LogP contribution in [0.15, 0.2) is 254 Å². The maximum atomic E-state index is 2.43. The Morgan fingerprint density at radius 2 is 0.549 bits per heavy atom. The third-order valence-electron chi connectivity index (χ3n) is 19.1. The van der Waals surface area contributed by atoms with Crippen LogP contribution in [0.25, 0.3) is 62.7 Å². The minimum atomic E-state index is 0.836. The molecule has 0 atom stereocenters. The van der Waals surface area contributed by atoms with Crippen molar-refractivity contribution in [3.8, 4) is 0 Å². The standard InChI is InChI=1S/C88H81N3/c1-62-15-39-74(40-16-62)89(75-41-17-63(2)18-42-75)80-51-54-83-86(59-80)84-55-52-81(90(76-43-19-64(3)20-44-76)78-47-35-68(36-48-78)25-23-66-27-31-72(32-28-66)57-70-11-7-5-8-12-70)61-88(84)85-56-53-82(60-87(83)85)91(77-45-21-65(4)22-46-77)79-49-37-69(38-50-79)26-24-67-29-33-73(34-30-67)58-71-13-9-6-10-14-71/h15-57,59-61,71H,5-14,58H2,1-4H3/b25-23+,26-24+. The highest BCUT2D eigenvalue weighted by atomic mass is 15.2. The van der Waals surface area contributed by atoms with Crippen molar-refractivity contribution in [3.63, 3.8) is 0 Å². The molecule has 0 N–H and O–H groups in total. The van der Waals surface area contributed by atoms with Crippen LogP contribution < -0.4 is 14.7 Å². The van der Waals surface area contributed by atoms with Gasteiger partial charge in [0.05, 0.1) is 0 Å². The average molecular weight is 1180 g/mol. The zero-order chi connectivity index (χ0) is 61.6. The molecule has 0 aliphatic heterocycles. The van der Waals surface area contributed by atoms with Gasteiger partial charge in [-0.3, -0.25) is 0 Å². The van der Waals surface area contributed by atoms with Crippen molar-refractivity contribution in [1.82, 2.24) is 0 Å². The van der Waals surface area contributed by atoms with Crippen molar-refractivity contribution in [2.24, 2.45) is 5.92 Å². The fourth-order valence-electron chi connectivity index (χ4n) is 13.9. The van der Waals surface area contributed by atoms with Crippen molar-refractivity contribution in [3.05, 3.63) is 310 Å². The first kappa shape index (κ1) is 58.7. The number of nitrogens with zero attached hydrogens (tertiary/aromatic N) is 3. The van der Waals surface area contributed by atoms with Crippen LogP contribution >= 0.6 is 0 Å². The van der Waals surface area contributed by atoms with E-state index in [9.17, 15) is 0 Å². The van der Waals surface area contributed by atoms with E-state index in [0.717, 1.165) is 62.7 Å². The van der Waals surface area contributed by atoms with Gasteiger partial charge in [0.1, 0.15) is 0 Å². The van der Waals surface area contributed by atoms with Gasteiger partial charge in [0.2, 0.25) is 0 Å². The van der Waals surface area contributed by atoms with Crippen LogP contribution in [0.3, 0.4) is 0 Å². The van der Waals surface area contributed by atoms with Crippen LogP contribution in [-0.4, -0.2) is 0 Å². The average Bonchev–Trinajstić information content (AvgIpc) is 0.746. The number of aryl methyl sites for hydroxylation is 4. The van der Waals surface area contributed by atoms with Gasteiger partial charge in [-0.05, 0) is 241 Å². The molecule has 0 amide bonds. The summed E-state index contributed by atoms with van der Waals surface area (Å²) in [6, 6.07) is 93.4. The highest BCUT2D eigenvalue weighted by Gasteiger charge is 2.22. The number of hydrogen-bond acceptors (Lipinski definition) is 3. The molecule has 14 rings (SSSR count). The molecule has 2 saturated carbocycles. The monoisotopic (exact) mass is 1180 g/mol. The molecule has 0 saturated heterocycles.